The summed E-state index contributed by atoms with van der Waals surface area (Å²) in [6, 6.07) is 12.3. The monoisotopic (exact) mass is 446 g/mol. The molecule has 0 atom stereocenters. The first kappa shape index (κ1) is 22.2. The van der Waals surface area contributed by atoms with Crippen molar-refractivity contribution in [2.24, 2.45) is 5.73 Å². The first-order valence-corrected chi connectivity index (χ1v) is 10.2. The van der Waals surface area contributed by atoms with Crippen molar-refractivity contribution in [1.82, 2.24) is 19.5 Å². The van der Waals surface area contributed by atoms with E-state index in [1.807, 2.05) is 19.9 Å². The molecular formula is C22H23BN6O4. The van der Waals surface area contributed by atoms with Crippen molar-refractivity contribution in [3.63, 3.8) is 0 Å². The number of hydrogen-bond donors (Lipinski definition) is 4. The Kier molecular flexibility index (Phi) is 5.99. The molecule has 0 saturated carbocycles. The number of hydrogen-bond acceptors (Lipinski definition) is 8. The zero-order chi connectivity index (χ0) is 23.7. The maximum absolute atomic E-state index is 11.9. The van der Waals surface area contributed by atoms with Crippen LogP contribution in [0.5, 0.6) is 6.01 Å². The molecule has 0 spiro atoms. The van der Waals surface area contributed by atoms with Gasteiger partial charge < -0.3 is 25.8 Å². The lowest BCUT2D eigenvalue weighted by molar-refractivity contribution is 0.100. The van der Waals surface area contributed by atoms with Crippen molar-refractivity contribution in [2.75, 3.05) is 12.4 Å². The van der Waals surface area contributed by atoms with E-state index in [1.54, 1.807) is 41.0 Å². The minimum atomic E-state index is -1.54. The minimum absolute atomic E-state index is 0.220. The van der Waals surface area contributed by atoms with Crippen LogP contribution >= 0.6 is 0 Å². The second-order valence-corrected chi connectivity index (χ2v) is 7.53. The summed E-state index contributed by atoms with van der Waals surface area (Å²) in [6.07, 6.45) is 0. The summed E-state index contributed by atoms with van der Waals surface area (Å²) in [5.41, 5.74) is 9.64. The summed E-state index contributed by atoms with van der Waals surface area (Å²) in [4.78, 5) is 25.6. The maximum atomic E-state index is 11.9. The Hall–Kier alpha value is -3.96. The van der Waals surface area contributed by atoms with Crippen LogP contribution in [0.2, 0.25) is 0 Å². The SMILES string of the molecule is COc1nc2c(C(N)=O)cccc2n1-c1nc(C)c(C)c(NCc2cccc(B(O)O)c2)n1. The molecule has 2 aromatic heterocycles. The van der Waals surface area contributed by atoms with Crippen molar-refractivity contribution in [2.45, 2.75) is 20.4 Å². The van der Waals surface area contributed by atoms with Crippen LogP contribution in [0.3, 0.4) is 0 Å². The van der Waals surface area contributed by atoms with E-state index in [4.69, 9.17) is 10.5 Å². The predicted octanol–water partition coefficient (Wildman–Crippen LogP) is 0.832. The van der Waals surface area contributed by atoms with E-state index < -0.39 is 13.0 Å². The first-order valence-electron chi connectivity index (χ1n) is 10.2. The number of nitrogens with zero attached hydrogens (tertiary/aromatic N) is 4. The summed E-state index contributed by atoms with van der Waals surface area (Å²) >= 11 is 0. The average molecular weight is 446 g/mol. The van der Waals surface area contributed by atoms with Crippen LogP contribution in [0, 0.1) is 13.8 Å². The Labute approximate surface area is 190 Å². The molecular weight excluding hydrogens is 423 g/mol. The number of primary amides is 1. The van der Waals surface area contributed by atoms with Crippen molar-refractivity contribution >= 4 is 35.3 Å². The number of ether oxygens (including phenoxy) is 1. The van der Waals surface area contributed by atoms with Crippen molar-refractivity contribution in [3.05, 3.63) is 64.8 Å². The van der Waals surface area contributed by atoms with E-state index in [-0.39, 0.29) is 11.6 Å². The highest BCUT2D eigenvalue weighted by Gasteiger charge is 2.21. The zero-order valence-corrected chi connectivity index (χ0v) is 18.4. The van der Waals surface area contributed by atoms with E-state index in [0.717, 1.165) is 16.8 Å². The number of aryl methyl sites for hydroxylation is 1. The number of carbonyl (C=O) groups is 1. The molecule has 168 valence electrons. The minimum Gasteiger partial charge on any atom is -0.468 e. The molecule has 10 nitrogen and oxygen atoms in total. The number of rotatable bonds is 7. The molecule has 0 saturated heterocycles. The fourth-order valence-electron chi connectivity index (χ4n) is 3.54. The fraction of sp³-hybridized carbons (Fsp3) is 0.182. The highest BCUT2D eigenvalue weighted by atomic mass is 16.5. The molecule has 2 aromatic carbocycles. The Morgan fingerprint density at radius 2 is 1.91 bits per heavy atom. The Bertz CT molecular complexity index is 1350. The standard InChI is InChI=1S/C22H23BN6O4/c1-12-13(2)26-21(28-20(12)25-11-14-6-4-7-15(10-14)23(31)32)29-17-9-5-8-16(19(24)30)18(17)27-22(29)33-3/h4-10,31-32H,11H2,1-3H3,(H2,24,30)(H,25,26,28). The van der Waals surface area contributed by atoms with Gasteiger partial charge in [-0.3, -0.25) is 4.79 Å². The third-order valence-corrected chi connectivity index (χ3v) is 5.39. The number of anilines is 1. The van der Waals surface area contributed by atoms with Gasteiger partial charge in [-0.25, -0.2) is 9.55 Å². The van der Waals surface area contributed by atoms with Crippen molar-refractivity contribution in [1.29, 1.82) is 0 Å². The number of aromatic nitrogens is 4. The van der Waals surface area contributed by atoms with Gasteiger partial charge in [0.05, 0.1) is 18.2 Å². The molecule has 4 aromatic rings. The number of methoxy groups -OCH3 is 1. The van der Waals surface area contributed by atoms with E-state index >= 15 is 0 Å². The van der Waals surface area contributed by atoms with Crippen LogP contribution in [0.25, 0.3) is 17.0 Å². The Balaban J connectivity index is 1.76. The van der Waals surface area contributed by atoms with E-state index in [2.05, 4.69) is 20.3 Å². The molecule has 0 aliphatic rings. The summed E-state index contributed by atoms with van der Waals surface area (Å²) < 4.78 is 7.07. The third kappa shape index (κ3) is 4.23. The van der Waals surface area contributed by atoms with Gasteiger partial charge in [0.15, 0.2) is 0 Å². The lowest BCUT2D eigenvalue weighted by atomic mass is 9.80. The molecule has 33 heavy (non-hydrogen) atoms. The van der Waals surface area contributed by atoms with E-state index in [9.17, 15) is 14.8 Å². The highest BCUT2D eigenvalue weighted by Crippen LogP contribution is 2.28. The number of nitrogens with one attached hydrogen (secondary N) is 1. The molecule has 1 amide bonds. The van der Waals surface area contributed by atoms with Crippen molar-refractivity contribution in [3.8, 4) is 12.0 Å². The van der Waals surface area contributed by atoms with Gasteiger partial charge >= 0.3 is 13.1 Å². The molecule has 0 aliphatic carbocycles. The number of benzene rings is 2. The largest absolute Gasteiger partial charge is 0.488 e. The third-order valence-electron chi connectivity index (χ3n) is 5.39. The molecule has 4 rings (SSSR count). The zero-order valence-electron chi connectivity index (χ0n) is 18.4. The van der Waals surface area contributed by atoms with E-state index in [0.29, 0.717) is 34.8 Å². The number of imidazole rings is 1. The molecule has 0 radical (unpaired) electrons. The van der Waals surface area contributed by atoms with Gasteiger partial charge in [-0.15, -0.1) is 0 Å². The molecule has 0 aliphatic heterocycles. The highest BCUT2D eigenvalue weighted by molar-refractivity contribution is 6.58. The fourth-order valence-corrected chi connectivity index (χ4v) is 3.54. The molecule has 0 unspecified atom stereocenters. The lowest BCUT2D eigenvalue weighted by Crippen LogP contribution is -2.30. The summed E-state index contributed by atoms with van der Waals surface area (Å²) in [7, 11) is -0.0587. The van der Waals surface area contributed by atoms with Crippen molar-refractivity contribution < 1.29 is 19.6 Å². The van der Waals surface area contributed by atoms with Crippen LogP contribution in [0.15, 0.2) is 42.5 Å². The predicted molar refractivity (Wildman–Crippen MR) is 125 cm³/mol. The number of nitrogens with two attached hydrogens (primary N) is 1. The lowest BCUT2D eigenvalue weighted by Gasteiger charge is -2.14. The smallest absolute Gasteiger partial charge is 0.468 e. The van der Waals surface area contributed by atoms with Crippen LogP contribution in [0.1, 0.15) is 27.2 Å². The van der Waals surface area contributed by atoms with Gasteiger partial charge in [0.1, 0.15) is 11.3 Å². The van der Waals surface area contributed by atoms with Gasteiger partial charge in [-0.2, -0.15) is 9.97 Å². The van der Waals surface area contributed by atoms with Crippen LogP contribution < -0.4 is 21.3 Å². The summed E-state index contributed by atoms with van der Waals surface area (Å²) in [5.74, 6) is 0.329. The summed E-state index contributed by atoms with van der Waals surface area (Å²) in [6.45, 7) is 4.18. The van der Waals surface area contributed by atoms with Gasteiger partial charge in [0, 0.05) is 17.8 Å². The molecule has 5 N–H and O–H groups in total. The first-order chi connectivity index (χ1) is 15.8. The Morgan fingerprint density at radius 1 is 1.15 bits per heavy atom. The topological polar surface area (TPSA) is 148 Å². The second kappa shape index (κ2) is 8.89. The van der Waals surface area contributed by atoms with Crippen LogP contribution in [-0.4, -0.2) is 49.7 Å². The summed E-state index contributed by atoms with van der Waals surface area (Å²) in [5, 5.41) is 22.1. The van der Waals surface area contributed by atoms with Gasteiger partial charge in [-0.1, -0.05) is 30.3 Å². The molecule has 0 bridgehead atoms. The Morgan fingerprint density at radius 3 is 2.61 bits per heavy atom. The number of para-hydroxylation sites is 1. The van der Waals surface area contributed by atoms with Gasteiger partial charge in [-0.05, 0) is 37.0 Å². The maximum Gasteiger partial charge on any atom is 0.488 e. The second-order valence-electron chi connectivity index (χ2n) is 7.53. The normalized spacial score (nSPS) is 10.9. The average Bonchev–Trinajstić information content (AvgIpc) is 3.18. The molecule has 0 fully saturated rings. The number of carbonyl (C=O) groups excluding carboxylic acids is 1. The van der Waals surface area contributed by atoms with E-state index in [1.165, 1.54) is 7.11 Å². The molecule has 11 heteroatoms. The van der Waals surface area contributed by atoms with Gasteiger partial charge in [0.25, 0.3) is 5.91 Å². The van der Waals surface area contributed by atoms with Gasteiger partial charge in [0.2, 0.25) is 5.95 Å². The van der Waals surface area contributed by atoms with Crippen LogP contribution in [0.4, 0.5) is 5.82 Å². The number of amides is 1. The quantitative estimate of drug-likeness (QED) is 0.305. The molecule has 2 heterocycles. The van der Waals surface area contributed by atoms with Crippen LogP contribution in [-0.2, 0) is 6.54 Å². The number of fused-ring (bicyclic) bond motifs is 1.